The van der Waals surface area contributed by atoms with Crippen molar-refractivity contribution in [2.75, 3.05) is 27.2 Å². The molecule has 100 valence electrons. The Bertz CT molecular complexity index is 445. The van der Waals surface area contributed by atoms with Gasteiger partial charge < -0.3 is 10.2 Å². The van der Waals surface area contributed by atoms with Crippen LogP contribution < -0.4 is 5.32 Å². The van der Waals surface area contributed by atoms with Crippen LogP contribution in [0.4, 0.5) is 0 Å². The fourth-order valence-electron chi connectivity index (χ4n) is 2.11. The Morgan fingerprint density at radius 2 is 2.33 bits per heavy atom. The fourth-order valence-corrected chi connectivity index (χ4v) is 2.82. The zero-order chi connectivity index (χ0) is 13.0. The molecule has 1 unspecified atom stereocenters. The molecule has 0 amide bonds. The second-order valence-corrected chi connectivity index (χ2v) is 5.75. The molecular formula is C13H22N4S. The van der Waals surface area contributed by atoms with Gasteiger partial charge in [-0.3, -0.25) is 4.40 Å². The zero-order valence-corrected chi connectivity index (χ0v) is 12.2. The van der Waals surface area contributed by atoms with E-state index in [0.717, 1.165) is 30.9 Å². The average molecular weight is 266 g/mol. The molecule has 5 heteroatoms. The molecule has 0 aromatic carbocycles. The number of hydrogen-bond acceptors (Lipinski definition) is 4. The molecule has 18 heavy (non-hydrogen) atoms. The lowest BCUT2D eigenvalue weighted by Gasteiger charge is -2.19. The highest BCUT2D eigenvalue weighted by atomic mass is 32.1. The minimum Gasteiger partial charge on any atom is -0.314 e. The van der Waals surface area contributed by atoms with E-state index in [2.05, 4.69) is 58.4 Å². The molecule has 1 atom stereocenters. The number of fused-ring (bicyclic) bond motifs is 1. The molecule has 0 saturated carbocycles. The molecule has 0 aliphatic carbocycles. The molecule has 0 spiro atoms. The molecule has 0 fully saturated rings. The summed E-state index contributed by atoms with van der Waals surface area (Å²) in [4.78, 5) is 7.97. The van der Waals surface area contributed by atoms with Gasteiger partial charge in [-0.05, 0) is 33.6 Å². The molecule has 2 heterocycles. The Morgan fingerprint density at radius 3 is 3.00 bits per heavy atom. The van der Waals surface area contributed by atoms with E-state index in [9.17, 15) is 0 Å². The summed E-state index contributed by atoms with van der Waals surface area (Å²) in [5.41, 5.74) is 1.19. The molecule has 0 aliphatic rings. The van der Waals surface area contributed by atoms with Crippen LogP contribution in [0.5, 0.6) is 0 Å². The van der Waals surface area contributed by atoms with Gasteiger partial charge >= 0.3 is 0 Å². The van der Waals surface area contributed by atoms with Crippen molar-refractivity contribution in [3.63, 3.8) is 0 Å². The van der Waals surface area contributed by atoms with Crippen molar-refractivity contribution in [2.45, 2.75) is 25.8 Å². The van der Waals surface area contributed by atoms with Gasteiger partial charge in [0.2, 0.25) is 0 Å². The molecule has 0 saturated heterocycles. The van der Waals surface area contributed by atoms with Crippen LogP contribution in [0.25, 0.3) is 4.96 Å². The first-order chi connectivity index (χ1) is 8.69. The summed E-state index contributed by atoms with van der Waals surface area (Å²) in [5.74, 6) is 0. The predicted molar refractivity (Wildman–Crippen MR) is 77.4 cm³/mol. The van der Waals surface area contributed by atoms with Gasteiger partial charge in [-0.25, -0.2) is 4.98 Å². The SMILES string of the molecule is CCNC(CCN(C)C)Cc1cn2ccsc2n1. The summed E-state index contributed by atoms with van der Waals surface area (Å²) >= 11 is 1.69. The first kappa shape index (κ1) is 13.5. The second kappa shape index (κ2) is 6.31. The molecule has 2 aromatic heterocycles. The predicted octanol–water partition coefficient (Wildman–Crippen LogP) is 1.87. The van der Waals surface area contributed by atoms with Crippen molar-refractivity contribution in [1.29, 1.82) is 0 Å². The lowest BCUT2D eigenvalue weighted by atomic mass is 10.1. The highest BCUT2D eigenvalue weighted by molar-refractivity contribution is 7.15. The Balaban J connectivity index is 1.96. The molecule has 0 radical (unpaired) electrons. The largest absolute Gasteiger partial charge is 0.314 e. The van der Waals surface area contributed by atoms with Crippen LogP contribution in [-0.2, 0) is 6.42 Å². The lowest BCUT2D eigenvalue weighted by Crippen LogP contribution is -2.34. The molecule has 4 nitrogen and oxygen atoms in total. The molecule has 1 N–H and O–H groups in total. The summed E-state index contributed by atoms with van der Waals surface area (Å²) in [5, 5.41) is 5.62. The number of likely N-dealkylation sites (N-methyl/N-ethyl adjacent to an activating group) is 1. The Kier molecular flexibility index (Phi) is 4.74. The highest BCUT2D eigenvalue weighted by Gasteiger charge is 2.11. The topological polar surface area (TPSA) is 32.6 Å². The maximum atomic E-state index is 4.65. The van der Waals surface area contributed by atoms with Gasteiger partial charge in [0.15, 0.2) is 4.96 Å². The fraction of sp³-hybridized carbons (Fsp3) is 0.615. The minimum absolute atomic E-state index is 0.516. The van der Waals surface area contributed by atoms with E-state index in [1.165, 1.54) is 5.69 Å². The number of aromatic nitrogens is 2. The highest BCUT2D eigenvalue weighted by Crippen LogP contribution is 2.13. The van der Waals surface area contributed by atoms with Crippen molar-refractivity contribution in [3.05, 3.63) is 23.5 Å². The van der Waals surface area contributed by atoms with Crippen molar-refractivity contribution in [3.8, 4) is 0 Å². The Hall–Kier alpha value is -0.910. The third kappa shape index (κ3) is 3.54. The van der Waals surface area contributed by atoms with Gasteiger partial charge in [-0.1, -0.05) is 6.92 Å². The molecule has 0 aliphatic heterocycles. The summed E-state index contributed by atoms with van der Waals surface area (Å²) in [6.45, 7) is 4.29. The number of nitrogens with zero attached hydrogens (tertiary/aromatic N) is 3. The maximum absolute atomic E-state index is 4.65. The molecule has 0 bridgehead atoms. The van der Waals surface area contributed by atoms with Crippen LogP contribution in [0, 0.1) is 0 Å². The molecule has 2 rings (SSSR count). The standard InChI is InChI=1S/C13H22N4S/c1-4-14-11(5-6-16(2)3)9-12-10-17-7-8-18-13(17)15-12/h7-8,10-11,14H,4-6,9H2,1-3H3. The summed E-state index contributed by atoms with van der Waals surface area (Å²) < 4.78 is 2.11. The Labute approximate surface area is 113 Å². The van der Waals surface area contributed by atoms with Crippen molar-refractivity contribution in [1.82, 2.24) is 19.6 Å². The lowest BCUT2D eigenvalue weighted by molar-refractivity contribution is 0.358. The van der Waals surface area contributed by atoms with E-state index in [1.807, 2.05) is 0 Å². The van der Waals surface area contributed by atoms with Gasteiger partial charge in [0, 0.05) is 30.2 Å². The van der Waals surface area contributed by atoms with E-state index in [0.29, 0.717) is 6.04 Å². The van der Waals surface area contributed by atoms with Crippen LogP contribution >= 0.6 is 11.3 Å². The zero-order valence-electron chi connectivity index (χ0n) is 11.4. The summed E-state index contributed by atoms with van der Waals surface area (Å²) in [6.07, 6.45) is 6.38. The van der Waals surface area contributed by atoms with Crippen molar-refractivity contribution < 1.29 is 0 Å². The normalized spacial score (nSPS) is 13.6. The van der Waals surface area contributed by atoms with E-state index < -0.39 is 0 Å². The second-order valence-electron chi connectivity index (χ2n) is 4.88. The number of rotatable bonds is 7. The quantitative estimate of drug-likeness (QED) is 0.830. The monoisotopic (exact) mass is 266 g/mol. The van der Waals surface area contributed by atoms with Gasteiger partial charge in [0.1, 0.15) is 0 Å². The van der Waals surface area contributed by atoms with Crippen LogP contribution in [-0.4, -0.2) is 47.5 Å². The van der Waals surface area contributed by atoms with Crippen molar-refractivity contribution in [2.24, 2.45) is 0 Å². The Morgan fingerprint density at radius 1 is 1.50 bits per heavy atom. The van der Waals surface area contributed by atoms with Crippen LogP contribution in [0.1, 0.15) is 19.0 Å². The van der Waals surface area contributed by atoms with Gasteiger partial charge in [-0.15, -0.1) is 11.3 Å². The third-order valence-electron chi connectivity index (χ3n) is 3.02. The number of hydrogen-bond donors (Lipinski definition) is 1. The van der Waals surface area contributed by atoms with Gasteiger partial charge in [0.25, 0.3) is 0 Å². The van der Waals surface area contributed by atoms with Crippen LogP contribution in [0.3, 0.4) is 0 Å². The minimum atomic E-state index is 0.516. The maximum Gasteiger partial charge on any atom is 0.193 e. The van der Waals surface area contributed by atoms with E-state index >= 15 is 0 Å². The molecular weight excluding hydrogens is 244 g/mol. The third-order valence-corrected chi connectivity index (χ3v) is 3.79. The smallest absolute Gasteiger partial charge is 0.193 e. The summed E-state index contributed by atoms with van der Waals surface area (Å²) in [6, 6.07) is 0.516. The van der Waals surface area contributed by atoms with E-state index in [1.54, 1.807) is 11.3 Å². The number of nitrogens with one attached hydrogen (secondary N) is 1. The van der Waals surface area contributed by atoms with Crippen LogP contribution in [0.15, 0.2) is 17.8 Å². The van der Waals surface area contributed by atoms with Crippen LogP contribution in [0.2, 0.25) is 0 Å². The first-order valence-corrected chi connectivity index (χ1v) is 7.36. The number of imidazole rings is 1. The van der Waals surface area contributed by atoms with Crippen molar-refractivity contribution >= 4 is 16.3 Å². The van der Waals surface area contributed by atoms with E-state index in [4.69, 9.17) is 0 Å². The average Bonchev–Trinajstić information content (AvgIpc) is 2.86. The summed E-state index contributed by atoms with van der Waals surface area (Å²) in [7, 11) is 4.24. The first-order valence-electron chi connectivity index (χ1n) is 6.48. The van der Waals surface area contributed by atoms with Gasteiger partial charge in [0.05, 0.1) is 5.69 Å². The number of thiazole rings is 1. The molecule has 2 aromatic rings. The van der Waals surface area contributed by atoms with Gasteiger partial charge in [-0.2, -0.15) is 0 Å². The van der Waals surface area contributed by atoms with E-state index in [-0.39, 0.29) is 0 Å².